The number of nitrogens with one attached hydrogen (secondary N) is 3. The molecule has 1 rings (SSSR count). The topological polar surface area (TPSA) is 125 Å². The predicted molar refractivity (Wildman–Crippen MR) is 68.8 cm³/mol. The number of carbonyl (C=O) groups excluding carboxylic acids is 3. The lowest BCUT2D eigenvalue weighted by Gasteiger charge is -2.07. The Bertz CT molecular complexity index is 393. The second-order valence-electron chi connectivity index (χ2n) is 4.62. The Labute approximate surface area is 116 Å². The number of hydrogen-bond donors (Lipinski definition) is 4. The van der Waals surface area contributed by atoms with Crippen LogP contribution in [0.15, 0.2) is 0 Å². The number of carbonyl (C=O) groups is 4. The molecule has 0 aromatic carbocycles. The lowest BCUT2D eigenvalue weighted by atomic mass is 10.2. The maximum Gasteiger partial charge on any atom is 0.321 e. The molecule has 0 radical (unpaired) electrons. The zero-order chi connectivity index (χ0) is 15.0. The fraction of sp³-hybridized carbons (Fsp3) is 0.667. The van der Waals surface area contributed by atoms with Crippen molar-refractivity contribution in [2.45, 2.75) is 32.1 Å². The molecule has 112 valence electrons. The highest BCUT2D eigenvalue weighted by atomic mass is 16.4. The minimum absolute atomic E-state index is 0.00282. The fourth-order valence-electron chi connectivity index (χ4n) is 1.49. The number of imide groups is 1. The highest BCUT2D eigenvalue weighted by Gasteiger charge is 2.28. The zero-order valence-electron chi connectivity index (χ0n) is 11.1. The van der Waals surface area contributed by atoms with Crippen LogP contribution in [0.1, 0.15) is 32.1 Å². The van der Waals surface area contributed by atoms with Gasteiger partial charge in [0.1, 0.15) is 0 Å². The summed E-state index contributed by atoms with van der Waals surface area (Å²) in [5.74, 6) is -1.38. The average Bonchev–Trinajstić information content (AvgIpc) is 3.17. The van der Waals surface area contributed by atoms with Gasteiger partial charge in [0.15, 0.2) is 0 Å². The Morgan fingerprint density at radius 1 is 1.00 bits per heavy atom. The Balaban J connectivity index is 1.99. The smallest absolute Gasteiger partial charge is 0.321 e. The molecule has 0 atom stereocenters. The Hall–Kier alpha value is -2.12. The van der Waals surface area contributed by atoms with Crippen molar-refractivity contribution in [3.63, 3.8) is 0 Å². The van der Waals surface area contributed by atoms with E-state index in [1.807, 2.05) is 0 Å². The Morgan fingerprint density at radius 2 is 1.65 bits per heavy atom. The van der Waals surface area contributed by atoms with E-state index in [-0.39, 0.29) is 37.6 Å². The van der Waals surface area contributed by atoms with E-state index in [0.717, 1.165) is 12.8 Å². The van der Waals surface area contributed by atoms with Crippen LogP contribution in [0.25, 0.3) is 0 Å². The van der Waals surface area contributed by atoms with Gasteiger partial charge in [-0.2, -0.15) is 0 Å². The third kappa shape index (κ3) is 7.34. The van der Waals surface area contributed by atoms with Gasteiger partial charge in [0, 0.05) is 31.8 Å². The standard InChI is InChI=1S/C12H19N3O5/c16-9(2-1-3-10(17)18)15-12(20)14-7-6-13-11(19)8-4-5-8/h8H,1-7H2,(H,13,19)(H,17,18)(H2,14,15,16,20). The molecule has 0 aromatic rings. The third-order valence-corrected chi connectivity index (χ3v) is 2.71. The van der Waals surface area contributed by atoms with Crippen molar-refractivity contribution in [1.82, 2.24) is 16.0 Å². The van der Waals surface area contributed by atoms with Crippen LogP contribution in [-0.2, 0) is 14.4 Å². The van der Waals surface area contributed by atoms with Crippen molar-refractivity contribution in [3.05, 3.63) is 0 Å². The molecule has 20 heavy (non-hydrogen) atoms. The SMILES string of the molecule is O=C(O)CCCC(=O)NC(=O)NCCNC(=O)C1CC1. The highest BCUT2D eigenvalue weighted by Crippen LogP contribution is 2.28. The summed E-state index contributed by atoms with van der Waals surface area (Å²) in [6.07, 6.45) is 1.90. The maximum atomic E-state index is 11.3. The molecule has 0 heterocycles. The van der Waals surface area contributed by atoms with E-state index >= 15 is 0 Å². The van der Waals surface area contributed by atoms with Crippen molar-refractivity contribution >= 4 is 23.8 Å². The summed E-state index contributed by atoms with van der Waals surface area (Å²) in [4.78, 5) is 44.0. The number of rotatable bonds is 8. The van der Waals surface area contributed by atoms with Gasteiger partial charge in [-0.3, -0.25) is 19.7 Å². The van der Waals surface area contributed by atoms with Gasteiger partial charge in [0.25, 0.3) is 0 Å². The van der Waals surface area contributed by atoms with E-state index < -0.39 is 17.9 Å². The molecule has 0 unspecified atom stereocenters. The van der Waals surface area contributed by atoms with Gasteiger partial charge >= 0.3 is 12.0 Å². The number of urea groups is 1. The van der Waals surface area contributed by atoms with Crippen LogP contribution in [-0.4, -0.2) is 42.0 Å². The van der Waals surface area contributed by atoms with E-state index in [9.17, 15) is 19.2 Å². The Morgan fingerprint density at radius 3 is 2.25 bits per heavy atom. The minimum Gasteiger partial charge on any atom is -0.481 e. The van der Waals surface area contributed by atoms with Crippen molar-refractivity contribution < 1.29 is 24.3 Å². The van der Waals surface area contributed by atoms with E-state index in [0.29, 0.717) is 6.54 Å². The first-order valence-corrected chi connectivity index (χ1v) is 6.56. The average molecular weight is 285 g/mol. The van der Waals surface area contributed by atoms with Crippen LogP contribution in [0, 0.1) is 5.92 Å². The van der Waals surface area contributed by atoms with Crippen molar-refractivity contribution in [2.24, 2.45) is 5.92 Å². The molecule has 1 saturated carbocycles. The van der Waals surface area contributed by atoms with Crippen LogP contribution >= 0.6 is 0 Å². The summed E-state index contributed by atoms with van der Waals surface area (Å²) in [5, 5.41) is 15.6. The van der Waals surface area contributed by atoms with Crippen molar-refractivity contribution in [3.8, 4) is 0 Å². The monoisotopic (exact) mass is 285 g/mol. The molecule has 1 aliphatic rings. The number of hydrogen-bond acceptors (Lipinski definition) is 4. The lowest BCUT2D eigenvalue weighted by molar-refractivity contribution is -0.137. The molecule has 0 aliphatic heterocycles. The molecule has 0 spiro atoms. The van der Waals surface area contributed by atoms with Crippen molar-refractivity contribution in [1.29, 1.82) is 0 Å². The quantitative estimate of drug-likeness (QED) is 0.451. The van der Waals surface area contributed by atoms with Gasteiger partial charge in [-0.05, 0) is 19.3 Å². The molecule has 0 bridgehead atoms. The van der Waals surface area contributed by atoms with Crippen LogP contribution in [0.5, 0.6) is 0 Å². The molecule has 8 heteroatoms. The van der Waals surface area contributed by atoms with Crippen LogP contribution in [0.4, 0.5) is 4.79 Å². The third-order valence-electron chi connectivity index (χ3n) is 2.71. The van der Waals surface area contributed by atoms with Gasteiger partial charge in [0.05, 0.1) is 0 Å². The first-order valence-electron chi connectivity index (χ1n) is 6.56. The highest BCUT2D eigenvalue weighted by molar-refractivity contribution is 5.94. The summed E-state index contributed by atoms with van der Waals surface area (Å²) < 4.78 is 0. The van der Waals surface area contributed by atoms with Gasteiger partial charge < -0.3 is 15.7 Å². The van der Waals surface area contributed by atoms with E-state index in [1.165, 1.54) is 0 Å². The maximum absolute atomic E-state index is 11.3. The first-order chi connectivity index (χ1) is 9.49. The molecular weight excluding hydrogens is 266 g/mol. The summed E-state index contributed by atoms with van der Waals surface area (Å²) >= 11 is 0. The summed E-state index contributed by atoms with van der Waals surface area (Å²) in [6.45, 7) is 0.544. The second kappa shape index (κ2) is 8.13. The van der Waals surface area contributed by atoms with E-state index in [4.69, 9.17) is 5.11 Å². The van der Waals surface area contributed by atoms with Gasteiger partial charge in [-0.1, -0.05) is 0 Å². The molecule has 4 N–H and O–H groups in total. The van der Waals surface area contributed by atoms with E-state index in [2.05, 4.69) is 16.0 Å². The van der Waals surface area contributed by atoms with Gasteiger partial charge in [0.2, 0.25) is 11.8 Å². The Kier molecular flexibility index (Phi) is 6.48. The van der Waals surface area contributed by atoms with E-state index in [1.54, 1.807) is 0 Å². The summed E-state index contributed by atoms with van der Waals surface area (Å²) in [6, 6.07) is -0.647. The number of amides is 4. The summed E-state index contributed by atoms with van der Waals surface area (Å²) in [5.41, 5.74) is 0. The molecule has 1 aliphatic carbocycles. The van der Waals surface area contributed by atoms with Crippen LogP contribution in [0.2, 0.25) is 0 Å². The fourth-order valence-corrected chi connectivity index (χ4v) is 1.49. The van der Waals surface area contributed by atoms with Crippen LogP contribution in [0.3, 0.4) is 0 Å². The predicted octanol–water partition coefficient (Wildman–Crippen LogP) is -0.407. The van der Waals surface area contributed by atoms with Crippen LogP contribution < -0.4 is 16.0 Å². The molecule has 0 saturated heterocycles. The molecule has 8 nitrogen and oxygen atoms in total. The lowest BCUT2D eigenvalue weighted by Crippen LogP contribution is -2.42. The number of aliphatic carboxylic acids is 1. The number of carboxylic acids is 1. The molecule has 0 aromatic heterocycles. The largest absolute Gasteiger partial charge is 0.481 e. The summed E-state index contributed by atoms with van der Waals surface area (Å²) in [7, 11) is 0. The first kappa shape index (κ1) is 15.9. The minimum atomic E-state index is -0.978. The molecule has 4 amide bonds. The molecule has 1 fully saturated rings. The second-order valence-corrected chi connectivity index (χ2v) is 4.62. The number of carboxylic acid groups (broad SMARTS) is 1. The molecular formula is C12H19N3O5. The van der Waals surface area contributed by atoms with Gasteiger partial charge in [-0.25, -0.2) is 4.79 Å². The normalized spacial score (nSPS) is 13.4. The van der Waals surface area contributed by atoms with Gasteiger partial charge in [-0.15, -0.1) is 0 Å². The van der Waals surface area contributed by atoms with Crippen molar-refractivity contribution in [2.75, 3.05) is 13.1 Å². The zero-order valence-corrected chi connectivity index (χ0v) is 11.1.